The average Bonchev–Trinajstić information content (AvgIpc) is 2.79. The van der Waals surface area contributed by atoms with E-state index in [1.165, 1.54) is 0 Å². The van der Waals surface area contributed by atoms with E-state index in [0.29, 0.717) is 26.1 Å². The average molecular weight is 438 g/mol. The van der Waals surface area contributed by atoms with E-state index in [1.54, 1.807) is 21.0 Å². The molecule has 1 aromatic carbocycles. The molecule has 0 amide bonds. The second kappa shape index (κ2) is 8.18. The molecule has 7 nitrogen and oxygen atoms in total. The quantitative estimate of drug-likeness (QED) is 0.671. The van der Waals surface area contributed by atoms with Crippen molar-refractivity contribution in [2.75, 3.05) is 18.4 Å². The van der Waals surface area contributed by atoms with Crippen LogP contribution in [0.2, 0.25) is 0 Å². The molecule has 1 N–H and O–H groups in total. The van der Waals surface area contributed by atoms with Crippen LogP contribution in [-0.2, 0) is 23.2 Å². The lowest BCUT2D eigenvalue weighted by Crippen LogP contribution is -2.50. The van der Waals surface area contributed by atoms with Gasteiger partial charge in [0.1, 0.15) is 5.82 Å². The van der Waals surface area contributed by atoms with Crippen molar-refractivity contribution in [1.82, 2.24) is 18.6 Å². The van der Waals surface area contributed by atoms with Gasteiger partial charge in [-0.2, -0.15) is 17.0 Å². The van der Waals surface area contributed by atoms with Gasteiger partial charge in [0, 0.05) is 42.8 Å². The summed E-state index contributed by atoms with van der Waals surface area (Å²) in [5.41, 5.74) is 3.90. The fourth-order valence-electron chi connectivity index (χ4n) is 4.61. The summed E-state index contributed by atoms with van der Waals surface area (Å²) in [6.07, 6.45) is 7.15. The molecule has 0 bridgehead atoms. The number of fused-ring (bicyclic) bond motifs is 2. The number of para-hydroxylation sites is 1. The second-order valence-corrected chi connectivity index (χ2v) is 10.3. The molecule has 1 fully saturated rings. The minimum atomic E-state index is -3.46. The molecule has 2 aromatic heterocycles. The zero-order valence-corrected chi connectivity index (χ0v) is 18.5. The fourth-order valence-corrected chi connectivity index (χ4v) is 6.45. The molecule has 3 aromatic rings. The Morgan fingerprint density at radius 3 is 2.84 bits per heavy atom. The van der Waals surface area contributed by atoms with Gasteiger partial charge >= 0.3 is 0 Å². The van der Waals surface area contributed by atoms with Crippen molar-refractivity contribution in [2.24, 2.45) is 0 Å². The van der Waals surface area contributed by atoms with Crippen molar-refractivity contribution >= 4 is 32.6 Å². The molecule has 5 rings (SSSR count). The van der Waals surface area contributed by atoms with E-state index in [9.17, 15) is 8.42 Å². The van der Waals surface area contributed by atoms with Crippen molar-refractivity contribution in [3.8, 4) is 0 Å². The van der Waals surface area contributed by atoms with Gasteiger partial charge in [-0.1, -0.05) is 24.6 Å². The first kappa shape index (κ1) is 20.4. The zero-order chi connectivity index (χ0) is 21.4. The predicted octanol–water partition coefficient (Wildman–Crippen LogP) is 3.85. The Balaban J connectivity index is 1.39. The highest BCUT2D eigenvalue weighted by atomic mass is 32.2. The number of anilines is 2. The largest absolute Gasteiger partial charge is 0.339 e. The van der Waals surface area contributed by atoms with Crippen molar-refractivity contribution in [3.05, 3.63) is 59.9 Å². The Morgan fingerprint density at radius 1 is 1.10 bits per heavy atom. The van der Waals surface area contributed by atoms with Crippen LogP contribution in [0.4, 0.5) is 11.5 Å². The molecule has 1 saturated heterocycles. The third kappa shape index (κ3) is 3.91. The van der Waals surface area contributed by atoms with Crippen molar-refractivity contribution in [1.29, 1.82) is 0 Å². The molecular weight excluding hydrogens is 410 g/mol. The van der Waals surface area contributed by atoms with Crippen LogP contribution in [0.5, 0.6) is 0 Å². The molecule has 0 saturated carbocycles. The first-order valence-corrected chi connectivity index (χ1v) is 12.3. The van der Waals surface area contributed by atoms with Gasteiger partial charge < -0.3 is 5.32 Å². The zero-order valence-electron chi connectivity index (χ0n) is 17.7. The monoisotopic (exact) mass is 437 g/mol. The number of nitrogens with zero attached hydrogens (tertiary/aromatic N) is 4. The number of rotatable bonds is 4. The third-order valence-electron chi connectivity index (χ3n) is 6.33. The Morgan fingerprint density at radius 2 is 1.97 bits per heavy atom. The van der Waals surface area contributed by atoms with Crippen LogP contribution in [-0.4, -0.2) is 46.1 Å². The standard InChI is InChI=1S/C23H27N5O2S/c1-17-6-4-5-12-28(17)31(29,30)27-13-10-21-19(16-27)9-11-24-23(21)26-20-14-18-7-2-3-8-22(18)25-15-20/h2-3,7-9,11,14-15,17H,4-6,10,12-13,16H2,1H3,(H,24,26). The van der Waals surface area contributed by atoms with E-state index < -0.39 is 10.2 Å². The molecule has 2 aliphatic heterocycles. The van der Waals surface area contributed by atoms with Crippen molar-refractivity contribution < 1.29 is 8.42 Å². The first-order valence-electron chi connectivity index (χ1n) is 10.9. The van der Waals surface area contributed by atoms with E-state index in [4.69, 9.17) is 0 Å². The predicted molar refractivity (Wildman–Crippen MR) is 122 cm³/mol. The van der Waals surface area contributed by atoms with E-state index in [2.05, 4.69) is 21.4 Å². The van der Waals surface area contributed by atoms with Gasteiger partial charge in [0.2, 0.25) is 0 Å². The van der Waals surface area contributed by atoms with Gasteiger partial charge in [0.15, 0.2) is 0 Å². The Hall–Kier alpha value is -2.55. The van der Waals surface area contributed by atoms with E-state index in [1.807, 2.05) is 37.3 Å². The molecule has 0 spiro atoms. The van der Waals surface area contributed by atoms with Gasteiger partial charge in [-0.3, -0.25) is 4.98 Å². The van der Waals surface area contributed by atoms with Gasteiger partial charge in [-0.05, 0) is 49.9 Å². The highest BCUT2D eigenvalue weighted by Gasteiger charge is 2.36. The van der Waals surface area contributed by atoms with Crippen molar-refractivity contribution in [3.63, 3.8) is 0 Å². The molecule has 0 radical (unpaired) electrons. The van der Waals surface area contributed by atoms with E-state index in [0.717, 1.165) is 52.8 Å². The van der Waals surface area contributed by atoms with Crippen LogP contribution in [0.25, 0.3) is 10.9 Å². The molecule has 2 aliphatic rings. The third-order valence-corrected chi connectivity index (χ3v) is 8.43. The van der Waals surface area contributed by atoms with Gasteiger partial charge in [-0.15, -0.1) is 0 Å². The van der Waals surface area contributed by atoms with Gasteiger partial charge in [0.05, 0.1) is 17.4 Å². The van der Waals surface area contributed by atoms with Crippen LogP contribution in [0.3, 0.4) is 0 Å². The molecule has 31 heavy (non-hydrogen) atoms. The molecule has 8 heteroatoms. The van der Waals surface area contributed by atoms with E-state index in [-0.39, 0.29) is 6.04 Å². The topological polar surface area (TPSA) is 78.4 Å². The summed E-state index contributed by atoms with van der Waals surface area (Å²) in [6.45, 7) is 3.48. The van der Waals surface area contributed by atoms with Crippen LogP contribution in [0.15, 0.2) is 48.8 Å². The first-order chi connectivity index (χ1) is 15.0. The lowest BCUT2D eigenvalue weighted by Gasteiger charge is -2.38. The fraction of sp³-hybridized carbons (Fsp3) is 0.391. The summed E-state index contributed by atoms with van der Waals surface area (Å²) in [7, 11) is -3.46. The molecule has 1 unspecified atom stereocenters. The highest BCUT2D eigenvalue weighted by Crippen LogP contribution is 2.31. The Kier molecular flexibility index (Phi) is 5.37. The highest BCUT2D eigenvalue weighted by molar-refractivity contribution is 7.86. The Labute approximate surface area is 183 Å². The molecule has 162 valence electrons. The van der Waals surface area contributed by atoms with Crippen LogP contribution < -0.4 is 5.32 Å². The number of hydrogen-bond acceptors (Lipinski definition) is 5. The SMILES string of the molecule is CC1CCCCN1S(=O)(=O)N1CCc2c(ccnc2Nc2cnc3ccccc3c2)C1. The molecule has 1 atom stereocenters. The maximum Gasteiger partial charge on any atom is 0.282 e. The van der Waals surface area contributed by atoms with Crippen LogP contribution in [0, 0.1) is 0 Å². The maximum absolute atomic E-state index is 13.3. The number of hydrogen-bond donors (Lipinski definition) is 1. The molecular formula is C23H27N5O2S. The van der Waals surface area contributed by atoms with E-state index >= 15 is 0 Å². The minimum Gasteiger partial charge on any atom is -0.339 e. The van der Waals surface area contributed by atoms with Crippen LogP contribution >= 0.6 is 0 Å². The summed E-state index contributed by atoms with van der Waals surface area (Å²) >= 11 is 0. The Bertz CT molecular complexity index is 1210. The lowest BCUT2D eigenvalue weighted by molar-refractivity contribution is 0.240. The summed E-state index contributed by atoms with van der Waals surface area (Å²) < 4.78 is 29.9. The summed E-state index contributed by atoms with van der Waals surface area (Å²) in [4.78, 5) is 9.05. The normalized spacial score (nSPS) is 20.5. The number of nitrogens with one attached hydrogen (secondary N) is 1. The van der Waals surface area contributed by atoms with Crippen molar-refractivity contribution in [2.45, 2.75) is 45.2 Å². The molecule has 4 heterocycles. The summed E-state index contributed by atoms with van der Waals surface area (Å²) in [5.74, 6) is 0.776. The maximum atomic E-state index is 13.3. The minimum absolute atomic E-state index is 0.0650. The van der Waals surface area contributed by atoms with Gasteiger partial charge in [0.25, 0.3) is 10.2 Å². The summed E-state index contributed by atoms with van der Waals surface area (Å²) in [5, 5.41) is 4.46. The molecule has 0 aliphatic carbocycles. The second-order valence-electron chi connectivity index (χ2n) is 8.39. The van der Waals surface area contributed by atoms with Gasteiger partial charge in [-0.25, -0.2) is 4.98 Å². The number of piperidine rings is 1. The number of aromatic nitrogens is 2. The lowest BCUT2D eigenvalue weighted by atomic mass is 10.0. The summed E-state index contributed by atoms with van der Waals surface area (Å²) in [6, 6.07) is 12.0. The number of benzene rings is 1. The van der Waals surface area contributed by atoms with Crippen LogP contribution in [0.1, 0.15) is 37.3 Å². The smallest absolute Gasteiger partial charge is 0.282 e. The number of pyridine rings is 2.